The quantitative estimate of drug-likeness (QED) is 0.791. The number of aryl methyl sites for hydroxylation is 1. The van der Waals surface area contributed by atoms with Gasteiger partial charge in [0.1, 0.15) is 0 Å². The molecule has 0 aliphatic rings. The summed E-state index contributed by atoms with van der Waals surface area (Å²) >= 11 is 0. The van der Waals surface area contributed by atoms with Crippen molar-refractivity contribution in [3.63, 3.8) is 0 Å². The standard InChI is InChI=1S/C15H21N3/c1-3-9-16-10-8-14-11-17-18(12-14)15-6-4-13(2)5-7-15/h4-7,11-12,16H,3,8-10H2,1-2H3. The van der Waals surface area contributed by atoms with Crippen molar-refractivity contribution in [2.45, 2.75) is 26.7 Å². The Balaban J connectivity index is 1.95. The van der Waals surface area contributed by atoms with Crippen LogP contribution in [-0.4, -0.2) is 22.9 Å². The molecule has 0 atom stereocenters. The number of benzene rings is 1. The number of nitrogens with zero attached hydrogens (tertiary/aromatic N) is 2. The molecule has 2 aromatic rings. The van der Waals surface area contributed by atoms with Crippen molar-refractivity contribution in [3.8, 4) is 5.69 Å². The molecule has 2 rings (SSSR count). The summed E-state index contributed by atoms with van der Waals surface area (Å²) in [6.45, 7) is 6.39. The number of hydrogen-bond acceptors (Lipinski definition) is 2. The molecule has 0 saturated heterocycles. The predicted octanol–water partition coefficient (Wildman–Crippen LogP) is 2.72. The summed E-state index contributed by atoms with van der Waals surface area (Å²) in [5.41, 5.74) is 3.67. The van der Waals surface area contributed by atoms with E-state index >= 15 is 0 Å². The van der Waals surface area contributed by atoms with Crippen molar-refractivity contribution >= 4 is 0 Å². The molecule has 3 nitrogen and oxygen atoms in total. The number of aromatic nitrogens is 2. The zero-order valence-corrected chi connectivity index (χ0v) is 11.2. The van der Waals surface area contributed by atoms with Gasteiger partial charge in [-0.05, 0) is 50.6 Å². The second-order valence-corrected chi connectivity index (χ2v) is 4.63. The normalized spacial score (nSPS) is 10.8. The van der Waals surface area contributed by atoms with E-state index in [-0.39, 0.29) is 0 Å². The van der Waals surface area contributed by atoms with Gasteiger partial charge in [0, 0.05) is 6.20 Å². The summed E-state index contributed by atoms with van der Waals surface area (Å²) in [5, 5.41) is 7.81. The molecule has 1 aromatic carbocycles. The second-order valence-electron chi connectivity index (χ2n) is 4.63. The van der Waals surface area contributed by atoms with Crippen molar-refractivity contribution in [2.75, 3.05) is 13.1 Å². The van der Waals surface area contributed by atoms with E-state index in [2.05, 4.69) is 54.7 Å². The summed E-state index contributed by atoms with van der Waals surface area (Å²) in [6.07, 6.45) is 6.28. The Morgan fingerprint density at radius 1 is 1.17 bits per heavy atom. The Bertz CT molecular complexity index is 471. The maximum atomic E-state index is 4.40. The lowest BCUT2D eigenvalue weighted by Crippen LogP contribution is -2.17. The van der Waals surface area contributed by atoms with E-state index in [4.69, 9.17) is 0 Å². The number of nitrogens with one attached hydrogen (secondary N) is 1. The van der Waals surface area contributed by atoms with Gasteiger partial charge in [-0.2, -0.15) is 5.10 Å². The summed E-state index contributed by atoms with van der Waals surface area (Å²) in [5.74, 6) is 0. The molecule has 0 bridgehead atoms. The van der Waals surface area contributed by atoms with E-state index in [0.717, 1.165) is 25.2 Å². The van der Waals surface area contributed by atoms with Crippen LogP contribution in [0.4, 0.5) is 0 Å². The highest BCUT2D eigenvalue weighted by Gasteiger charge is 2.00. The van der Waals surface area contributed by atoms with E-state index in [1.165, 1.54) is 17.5 Å². The van der Waals surface area contributed by atoms with Crippen LogP contribution in [0.5, 0.6) is 0 Å². The summed E-state index contributed by atoms with van der Waals surface area (Å²) in [7, 11) is 0. The lowest BCUT2D eigenvalue weighted by Gasteiger charge is -2.02. The molecule has 18 heavy (non-hydrogen) atoms. The second kappa shape index (κ2) is 6.36. The molecular weight excluding hydrogens is 222 g/mol. The maximum absolute atomic E-state index is 4.40. The highest BCUT2D eigenvalue weighted by Crippen LogP contribution is 2.09. The van der Waals surface area contributed by atoms with Crippen LogP contribution in [-0.2, 0) is 6.42 Å². The molecule has 0 unspecified atom stereocenters. The van der Waals surface area contributed by atoms with Crippen LogP contribution in [0.2, 0.25) is 0 Å². The molecule has 0 aliphatic heterocycles. The fourth-order valence-electron chi connectivity index (χ4n) is 1.86. The lowest BCUT2D eigenvalue weighted by molar-refractivity contribution is 0.671. The molecular formula is C15H21N3. The third kappa shape index (κ3) is 3.44. The van der Waals surface area contributed by atoms with Crippen LogP contribution in [0.3, 0.4) is 0 Å². The zero-order valence-electron chi connectivity index (χ0n) is 11.2. The average molecular weight is 243 g/mol. The lowest BCUT2D eigenvalue weighted by atomic mass is 10.2. The van der Waals surface area contributed by atoms with E-state index < -0.39 is 0 Å². The van der Waals surface area contributed by atoms with Crippen LogP contribution in [0.15, 0.2) is 36.7 Å². The fourth-order valence-corrected chi connectivity index (χ4v) is 1.86. The Morgan fingerprint density at radius 3 is 2.67 bits per heavy atom. The van der Waals surface area contributed by atoms with Gasteiger partial charge in [-0.15, -0.1) is 0 Å². The maximum Gasteiger partial charge on any atom is 0.0645 e. The SMILES string of the molecule is CCCNCCc1cnn(-c2ccc(C)cc2)c1. The van der Waals surface area contributed by atoms with Gasteiger partial charge in [0.15, 0.2) is 0 Å². The van der Waals surface area contributed by atoms with Crippen molar-refractivity contribution in [1.29, 1.82) is 0 Å². The topological polar surface area (TPSA) is 29.9 Å². The van der Waals surface area contributed by atoms with E-state index in [1.54, 1.807) is 0 Å². The first kappa shape index (κ1) is 12.8. The molecule has 0 spiro atoms. The first-order valence-corrected chi connectivity index (χ1v) is 6.61. The van der Waals surface area contributed by atoms with Gasteiger partial charge in [-0.1, -0.05) is 24.6 Å². The molecule has 0 saturated carbocycles. The van der Waals surface area contributed by atoms with E-state index in [0.29, 0.717) is 0 Å². The minimum absolute atomic E-state index is 1.02. The average Bonchev–Trinajstić information content (AvgIpc) is 2.84. The van der Waals surface area contributed by atoms with Crippen LogP contribution in [0, 0.1) is 6.92 Å². The molecule has 1 N–H and O–H groups in total. The van der Waals surface area contributed by atoms with Gasteiger partial charge in [0.2, 0.25) is 0 Å². The molecule has 0 amide bonds. The van der Waals surface area contributed by atoms with E-state index in [1.807, 2.05) is 10.9 Å². The van der Waals surface area contributed by atoms with Crippen LogP contribution < -0.4 is 5.32 Å². The number of hydrogen-bond donors (Lipinski definition) is 1. The van der Waals surface area contributed by atoms with Gasteiger partial charge in [0.25, 0.3) is 0 Å². The summed E-state index contributed by atoms with van der Waals surface area (Å²) < 4.78 is 1.94. The van der Waals surface area contributed by atoms with Crippen molar-refractivity contribution in [1.82, 2.24) is 15.1 Å². The Labute approximate surface area is 109 Å². The minimum atomic E-state index is 1.02. The largest absolute Gasteiger partial charge is 0.316 e. The predicted molar refractivity (Wildman–Crippen MR) is 75.2 cm³/mol. The minimum Gasteiger partial charge on any atom is -0.316 e. The molecule has 0 radical (unpaired) electrons. The molecule has 1 heterocycles. The van der Waals surface area contributed by atoms with Gasteiger partial charge in [0.05, 0.1) is 11.9 Å². The molecule has 96 valence electrons. The monoisotopic (exact) mass is 243 g/mol. The van der Waals surface area contributed by atoms with E-state index in [9.17, 15) is 0 Å². The van der Waals surface area contributed by atoms with Crippen molar-refractivity contribution in [3.05, 3.63) is 47.8 Å². The Kier molecular flexibility index (Phi) is 4.53. The van der Waals surface area contributed by atoms with Gasteiger partial charge < -0.3 is 5.32 Å². The first-order valence-electron chi connectivity index (χ1n) is 6.61. The molecule has 1 aromatic heterocycles. The van der Waals surface area contributed by atoms with Crippen molar-refractivity contribution in [2.24, 2.45) is 0 Å². The third-order valence-electron chi connectivity index (χ3n) is 2.95. The molecule has 0 aliphatic carbocycles. The summed E-state index contributed by atoms with van der Waals surface area (Å²) in [4.78, 5) is 0. The van der Waals surface area contributed by atoms with Gasteiger partial charge in [-0.25, -0.2) is 4.68 Å². The van der Waals surface area contributed by atoms with Crippen LogP contribution in [0.1, 0.15) is 24.5 Å². The fraction of sp³-hybridized carbons (Fsp3) is 0.400. The highest BCUT2D eigenvalue weighted by atomic mass is 15.3. The Morgan fingerprint density at radius 2 is 1.94 bits per heavy atom. The zero-order chi connectivity index (χ0) is 12.8. The van der Waals surface area contributed by atoms with Crippen LogP contribution in [0.25, 0.3) is 5.69 Å². The molecule has 3 heteroatoms. The highest BCUT2D eigenvalue weighted by molar-refractivity contribution is 5.33. The molecule has 0 fully saturated rings. The smallest absolute Gasteiger partial charge is 0.0645 e. The summed E-state index contributed by atoms with van der Waals surface area (Å²) in [6, 6.07) is 8.42. The van der Waals surface area contributed by atoms with Gasteiger partial charge in [-0.3, -0.25) is 0 Å². The van der Waals surface area contributed by atoms with Crippen LogP contribution >= 0.6 is 0 Å². The number of rotatable bonds is 6. The van der Waals surface area contributed by atoms with Crippen molar-refractivity contribution < 1.29 is 0 Å². The first-order chi connectivity index (χ1) is 8.79. The third-order valence-corrected chi connectivity index (χ3v) is 2.95. The van der Waals surface area contributed by atoms with Gasteiger partial charge >= 0.3 is 0 Å². The Hall–Kier alpha value is -1.61.